The van der Waals surface area contributed by atoms with E-state index in [2.05, 4.69) is 48.5 Å². The van der Waals surface area contributed by atoms with Crippen LogP contribution in [0.1, 0.15) is 0 Å². The van der Waals surface area contributed by atoms with Gasteiger partial charge in [-0.15, -0.1) is 0 Å². The van der Waals surface area contributed by atoms with E-state index < -0.39 is 23.8 Å². The average Bonchev–Trinajstić information content (AvgIpc) is 2.97. The molecule has 5 rings (SSSR count). The summed E-state index contributed by atoms with van der Waals surface area (Å²) in [4.78, 5) is 13.8. The molecule has 5 aromatic carbocycles. The van der Waals surface area contributed by atoms with E-state index in [-0.39, 0.29) is 6.61 Å². The third-order valence-corrected chi connectivity index (χ3v) is 22.7. The van der Waals surface area contributed by atoms with Crippen LogP contribution >= 0.6 is 0 Å². The van der Waals surface area contributed by atoms with Crippen LogP contribution in [0.5, 0.6) is 5.75 Å². The standard InChI is InChI=1S/C8H8O3.4C6H5.Sb/c9-8(10)6-11-7-4-2-1-3-5-7;4*1-2-4-6-5-3-1;/h1-5H,6H2,(H,9,10);4*1-5H;/q;;;;;+1/p-1. The van der Waals surface area contributed by atoms with Crippen molar-refractivity contribution in [1.29, 1.82) is 0 Å². The summed E-state index contributed by atoms with van der Waals surface area (Å²) in [5.41, 5.74) is 0. The molecule has 36 heavy (non-hydrogen) atoms. The van der Waals surface area contributed by atoms with Gasteiger partial charge in [0.1, 0.15) is 0 Å². The minimum atomic E-state index is -5.20. The van der Waals surface area contributed by atoms with Gasteiger partial charge in [0.15, 0.2) is 0 Å². The van der Waals surface area contributed by atoms with Crippen molar-refractivity contribution in [2.75, 3.05) is 6.61 Å². The number of hydrogen-bond acceptors (Lipinski definition) is 3. The third kappa shape index (κ3) is 4.10. The van der Waals surface area contributed by atoms with E-state index in [0.717, 1.165) is 14.0 Å². The van der Waals surface area contributed by atoms with Crippen LogP contribution in [0.25, 0.3) is 0 Å². The molecule has 0 unspecified atom stereocenters. The average molecular weight is 581 g/mol. The molecule has 0 N–H and O–H groups in total. The quantitative estimate of drug-likeness (QED) is 0.259. The third-order valence-electron chi connectivity index (χ3n) is 6.38. The summed E-state index contributed by atoms with van der Waals surface area (Å²) >= 11 is -5.20. The van der Waals surface area contributed by atoms with E-state index >= 15 is 0 Å². The Morgan fingerprint density at radius 1 is 0.472 bits per heavy atom. The van der Waals surface area contributed by atoms with Gasteiger partial charge in [-0.3, -0.25) is 0 Å². The second kappa shape index (κ2) is 10.4. The summed E-state index contributed by atoms with van der Waals surface area (Å²) in [6.07, 6.45) is 0. The van der Waals surface area contributed by atoms with Crippen molar-refractivity contribution in [3.05, 3.63) is 152 Å². The second-order valence-corrected chi connectivity index (χ2v) is 20.8. The molecule has 0 saturated carbocycles. The first-order valence-electron chi connectivity index (χ1n) is 11.9. The monoisotopic (exact) mass is 580 g/mol. The molecule has 4 heteroatoms. The zero-order valence-corrected chi connectivity index (χ0v) is 22.4. The maximum atomic E-state index is 13.8. The van der Waals surface area contributed by atoms with E-state index in [9.17, 15) is 4.79 Å². The topological polar surface area (TPSA) is 35.5 Å². The van der Waals surface area contributed by atoms with Gasteiger partial charge < -0.3 is 0 Å². The van der Waals surface area contributed by atoms with Crippen molar-refractivity contribution >= 4 is 37.8 Å². The molecule has 0 atom stereocenters. The van der Waals surface area contributed by atoms with Crippen molar-refractivity contribution < 1.29 is 12.5 Å². The first-order valence-corrected chi connectivity index (χ1v) is 18.0. The Labute approximate surface area is 213 Å². The van der Waals surface area contributed by atoms with Crippen molar-refractivity contribution in [3.8, 4) is 5.75 Å². The van der Waals surface area contributed by atoms with Crippen LogP contribution in [0.15, 0.2) is 152 Å². The van der Waals surface area contributed by atoms with Crippen molar-refractivity contribution in [2.24, 2.45) is 0 Å². The van der Waals surface area contributed by atoms with Crippen molar-refractivity contribution in [1.82, 2.24) is 0 Å². The van der Waals surface area contributed by atoms with Gasteiger partial charge in [0, 0.05) is 0 Å². The zero-order chi connectivity index (χ0) is 24.7. The fourth-order valence-corrected chi connectivity index (χ4v) is 20.9. The second-order valence-electron chi connectivity index (χ2n) is 8.44. The summed E-state index contributed by atoms with van der Waals surface area (Å²) in [6, 6.07) is 50.2. The zero-order valence-electron chi connectivity index (χ0n) is 19.8. The molecule has 0 radical (unpaired) electrons. The van der Waals surface area contributed by atoms with Crippen molar-refractivity contribution in [2.45, 2.75) is 0 Å². The molecule has 0 fully saturated rings. The molecule has 0 aliphatic carbocycles. The summed E-state index contributed by atoms with van der Waals surface area (Å²) in [6.45, 7) is -0.189. The molecule has 0 spiro atoms. The number of benzene rings is 5. The number of carbonyl (C=O) groups is 1. The van der Waals surface area contributed by atoms with Gasteiger partial charge in [0.25, 0.3) is 0 Å². The molecule has 178 valence electrons. The number of ether oxygens (including phenoxy) is 1. The Balaban J connectivity index is 1.81. The van der Waals surface area contributed by atoms with Crippen LogP contribution in [0.4, 0.5) is 0 Å². The van der Waals surface area contributed by atoms with Crippen LogP contribution in [-0.2, 0) is 7.81 Å². The first kappa shape index (κ1) is 23.9. The van der Waals surface area contributed by atoms with Crippen LogP contribution in [0.3, 0.4) is 0 Å². The predicted octanol–water partition coefficient (Wildman–Crippen LogP) is 4.14. The van der Waals surface area contributed by atoms with E-state index in [1.165, 1.54) is 0 Å². The molecule has 0 aliphatic heterocycles. The number of para-hydroxylation sites is 1. The molecule has 0 aromatic heterocycles. The van der Waals surface area contributed by atoms with E-state index in [0.29, 0.717) is 5.75 Å². The Morgan fingerprint density at radius 3 is 1.11 bits per heavy atom. The normalized spacial score (nSPS) is 12.2. The van der Waals surface area contributed by atoms with E-state index in [1.54, 1.807) is 0 Å². The Kier molecular flexibility index (Phi) is 6.93. The van der Waals surface area contributed by atoms with Crippen LogP contribution in [-0.4, -0.2) is 30.4 Å². The van der Waals surface area contributed by atoms with Gasteiger partial charge in [-0.25, -0.2) is 0 Å². The summed E-state index contributed by atoms with van der Waals surface area (Å²) in [5, 5.41) is 0. The van der Waals surface area contributed by atoms with Crippen LogP contribution in [0.2, 0.25) is 0 Å². The summed E-state index contributed by atoms with van der Waals surface area (Å²) in [5.74, 6) is 0.225. The fourth-order valence-electron chi connectivity index (χ4n) is 4.84. The van der Waals surface area contributed by atoms with Crippen LogP contribution < -0.4 is 18.8 Å². The van der Waals surface area contributed by atoms with Crippen molar-refractivity contribution in [3.63, 3.8) is 0 Å². The predicted molar refractivity (Wildman–Crippen MR) is 148 cm³/mol. The fraction of sp³-hybridized carbons (Fsp3) is 0.0312. The Bertz CT molecular complexity index is 1240. The van der Waals surface area contributed by atoms with Gasteiger partial charge >= 0.3 is 214 Å². The number of carbonyl (C=O) groups excluding carboxylic acids is 1. The molecule has 3 nitrogen and oxygen atoms in total. The molecule has 0 amide bonds. The van der Waals surface area contributed by atoms with Gasteiger partial charge in [-0.1, -0.05) is 0 Å². The molecular formula is C32H27O3Sb. The van der Waals surface area contributed by atoms with Gasteiger partial charge in [-0.2, -0.15) is 0 Å². The number of rotatable bonds is 8. The van der Waals surface area contributed by atoms with Crippen LogP contribution in [0, 0.1) is 0 Å². The molecular weight excluding hydrogens is 554 g/mol. The van der Waals surface area contributed by atoms with Gasteiger partial charge in [0.2, 0.25) is 0 Å². The summed E-state index contributed by atoms with van der Waals surface area (Å²) in [7, 11) is 0. The van der Waals surface area contributed by atoms with Gasteiger partial charge in [-0.05, 0) is 0 Å². The molecule has 0 heterocycles. The van der Waals surface area contributed by atoms with E-state index in [1.807, 2.05) is 103 Å². The minimum absolute atomic E-state index is 0.189. The SMILES string of the molecule is O=C(COc1ccccc1)[O][Sb]([c]1ccccc1)([c]1ccccc1)([c]1ccccc1)[c]1ccccc1. The first-order chi connectivity index (χ1) is 17.7. The molecule has 0 saturated heterocycles. The molecule has 0 aliphatic rings. The van der Waals surface area contributed by atoms with E-state index in [4.69, 9.17) is 7.75 Å². The maximum absolute atomic E-state index is 13.8. The van der Waals surface area contributed by atoms with Gasteiger partial charge in [0.05, 0.1) is 0 Å². The summed E-state index contributed by atoms with van der Waals surface area (Å²) < 4.78 is 17.0. The Morgan fingerprint density at radius 2 is 0.778 bits per heavy atom. The molecule has 5 aromatic rings. The number of hydrogen-bond donors (Lipinski definition) is 0. The Hall–Kier alpha value is -3.81. The molecule has 0 bridgehead atoms.